The molecule has 0 heterocycles. The molecule has 0 fully saturated rings. The van der Waals surface area contributed by atoms with E-state index in [-0.39, 0.29) is 10.9 Å². The molecule has 17 heavy (non-hydrogen) atoms. The smallest absolute Gasteiger partial charge is 0.238 e. The Morgan fingerprint density at radius 3 is 2.65 bits per heavy atom. The molecule has 0 aliphatic rings. The van der Waals surface area contributed by atoms with Gasteiger partial charge in [-0.1, -0.05) is 24.9 Å². The molecule has 0 aliphatic heterocycles. The molecule has 3 N–H and O–H groups in total. The number of sulfonamides is 1. The van der Waals surface area contributed by atoms with Crippen molar-refractivity contribution in [3.63, 3.8) is 0 Å². The van der Waals surface area contributed by atoms with Crippen LogP contribution in [-0.2, 0) is 10.0 Å². The number of primary sulfonamides is 1. The molecule has 0 aromatic heterocycles. The van der Waals surface area contributed by atoms with Crippen LogP contribution in [0.2, 0.25) is 5.02 Å². The summed E-state index contributed by atoms with van der Waals surface area (Å²) in [4.78, 5) is 0.0631. The van der Waals surface area contributed by atoms with Gasteiger partial charge in [0.25, 0.3) is 0 Å². The fraction of sp³-hybridized carbons (Fsp3) is 0.455. The molecule has 0 amide bonds. The van der Waals surface area contributed by atoms with Crippen LogP contribution in [0.15, 0.2) is 23.1 Å². The second kappa shape index (κ2) is 5.71. The summed E-state index contributed by atoms with van der Waals surface area (Å²) in [5.74, 6) is 0. The predicted molar refractivity (Wildman–Crippen MR) is 70.8 cm³/mol. The first-order valence-corrected chi connectivity index (χ1v) is 7.36. The Labute approximate surface area is 107 Å². The van der Waals surface area contributed by atoms with E-state index in [4.69, 9.17) is 16.7 Å². The lowest BCUT2D eigenvalue weighted by Crippen LogP contribution is -2.16. The zero-order chi connectivity index (χ0) is 13.1. The number of benzene rings is 1. The number of rotatable bonds is 5. The molecular formula is C11H17ClN2O2S. The summed E-state index contributed by atoms with van der Waals surface area (Å²) < 4.78 is 22.4. The first-order valence-electron chi connectivity index (χ1n) is 5.43. The molecular weight excluding hydrogens is 260 g/mol. The molecule has 4 nitrogen and oxygen atoms in total. The maximum absolute atomic E-state index is 11.2. The molecule has 1 aromatic rings. The summed E-state index contributed by atoms with van der Waals surface area (Å²) in [6.45, 7) is 4.10. The van der Waals surface area contributed by atoms with Gasteiger partial charge in [-0.25, -0.2) is 13.6 Å². The topological polar surface area (TPSA) is 72.2 Å². The van der Waals surface area contributed by atoms with Gasteiger partial charge in [0, 0.05) is 6.04 Å². The monoisotopic (exact) mass is 276 g/mol. The highest BCUT2D eigenvalue weighted by Crippen LogP contribution is 2.25. The van der Waals surface area contributed by atoms with E-state index in [9.17, 15) is 8.42 Å². The molecule has 0 bridgehead atoms. The molecule has 0 radical (unpaired) electrons. The summed E-state index contributed by atoms with van der Waals surface area (Å²) in [7, 11) is -3.69. The van der Waals surface area contributed by atoms with Crippen LogP contribution in [0.25, 0.3) is 0 Å². The van der Waals surface area contributed by atoms with Crippen molar-refractivity contribution in [3.8, 4) is 0 Å². The van der Waals surface area contributed by atoms with Gasteiger partial charge in [-0.3, -0.25) is 0 Å². The molecule has 0 spiro atoms. The molecule has 1 atom stereocenters. The van der Waals surface area contributed by atoms with Crippen molar-refractivity contribution in [1.29, 1.82) is 0 Å². The van der Waals surface area contributed by atoms with Gasteiger partial charge in [-0.2, -0.15) is 0 Å². The third kappa shape index (κ3) is 4.18. The second-order valence-corrected chi connectivity index (χ2v) is 5.99. The number of nitrogens with two attached hydrogens (primary N) is 1. The first kappa shape index (κ1) is 14.3. The van der Waals surface area contributed by atoms with Crippen LogP contribution in [0, 0.1) is 0 Å². The van der Waals surface area contributed by atoms with Crippen molar-refractivity contribution in [1.82, 2.24) is 0 Å². The minimum atomic E-state index is -3.69. The summed E-state index contributed by atoms with van der Waals surface area (Å²) in [6.07, 6.45) is 2.02. The van der Waals surface area contributed by atoms with Crippen molar-refractivity contribution in [2.24, 2.45) is 5.14 Å². The highest BCUT2D eigenvalue weighted by atomic mass is 35.5. The standard InChI is InChI=1S/C11H17ClN2O2S/c1-3-4-8(2)14-11-7-9(17(13,15)16)5-6-10(11)12/h5-8,14H,3-4H2,1-2H3,(H2,13,15,16). The van der Waals surface area contributed by atoms with Crippen LogP contribution in [0.4, 0.5) is 5.69 Å². The maximum atomic E-state index is 11.2. The van der Waals surface area contributed by atoms with E-state index < -0.39 is 10.0 Å². The minimum Gasteiger partial charge on any atom is -0.381 e. The Hall–Kier alpha value is -0.780. The number of halogens is 1. The largest absolute Gasteiger partial charge is 0.381 e. The number of nitrogens with one attached hydrogen (secondary N) is 1. The second-order valence-electron chi connectivity index (χ2n) is 4.02. The van der Waals surface area contributed by atoms with E-state index in [1.54, 1.807) is 0 Å². The zero-order valence-corrected chi connectivity index (χ0v) is 11.5. The lowest BCUT2D eigenvalue weighted by atomic mass is 10.2. The number of hydrogen-bond acceptors (Lipinski definition) is 3. The minimum absolute atomic E-state index is 0.0631. The van der Waals surface area contributed by atoms with Gasteiger partial charge < -0.3 is 5.32 Å². The SMILES string of the molecule is CCCC(C)Nc1cc(S(N)(=O)=O)ccc1Cl. The normalized spacial score (nSPS) is 13.4. The average Bonchev–Trinajstić information content (AvgIpc) is 2.20. The van der Waals surface area contributed by atoms with E-state index in [2.05, 4.69) is 12.2 Å². The van der Waals surface area contributed by atoms with E-state index in [0.717, 1.165) is 12.8 Å². The van der Waals surface area contributed by atoms with Crippen LogP contribution >= 0.6 is 11.6 Å². The Balaban J connectivity index is 2.99. The van der Waals surface area contributed by atoms with Gasteiger partial charge in [0.1, 0.15) is 0 Å². The van der Waals surface area contributed by atoms with E-state index >= 15 is 0 Å². The Morgan fingerprint density at radius 1 is 1.47 bits per heavy atom. The Morgan fingerprint density at radius 2 is 2.12 bits per heavy atom. The Bertz CT molecular complexity index is 488. The van der Waals surface area contributed by atoms with Crippen molar-refractivity contribution in [2.75, 3.05) is 5.32 Å². The maximum Gasteiger partial charge on any atom is 0.238 e. The van der Waals surface area contributed by atoms with E-state index in [1.807, 2.05) is 6.92 Å². The molecule has 0 aliphatic carbocycles. The zero-order valence-electron chi connectivity index (χ0n) is 9.90. The van der Waals surface area contributed by atoms with E-state index in [1.165, 1.54) is 18.2 Å². The molecule has 0 saturated carbocycles. The summed E-state index contributed by atoms with van der Waals surface area (Å²) in [5.41, 5.74) is 0.596. The molecule has 1 unspecified atom stereocenters. The third-order valence-electron chi connectivity index (χ3n) is 2.39. The van der Waals surface area contributed by atoms with Crippen LogP contribution in [0.1, 0.15) is 26.7 Å². The predicted octanol–water partition coefficient (Wildman–Crippen LogP) is 2.59. The van der Waals surface area contributed by atoms with Crippen LogP contribution in [-0.4, -0.2) is 14.5 Å². The molecule has 0 saturated heterocycles. The fourth-order valence-electron chi connectivity index (χ4n) is 1.56. The van der Waals surface area contributed by atoms with Gasteiger partial charge in [-0.05, 0) is 31.5 Å². The van der Waals surface area contributed by atoms with Crippen LogP contribution in [0.3, 0.4) is 0 Å². The van der Waals surface area contributed by atoms with Crippen molar-refractivity contribution < 1.29 is 8.42 Å². The number of hydrogen-bond donors (Lipinski definition) is 2. The van der Waals surface area contributed by atoms with Gasteiger partial charge in [-0.15, -0.1) is 0 Å². The summed E-state index contributed by atoms with van der Waals surface area (Å²) in [5, 5.41) is 8.72. The highest BCUT2D eigenvalue weighted by Gasteiger charge is 2.11. The summed E-state index contributed by atoms with van der Waals surface area (Å²) >= 11 is 5.99. The van der Waals surface area contributed by atoms with Crippen LogP contribution < -0.4 is 10.5 Å². The molecule has 1 rings (SSSR count). The lowest BCUT2D eigenvalue weighted by Gasteiger charge is -2.16. The van der Waals surface area contributed by atoms with Gasteiger partial charge >= 0.3 is 0 Å². The quantitative estimate of drug-likeness (QED) is 0.868. The number of anilines is 1. The van der Waals surface area contributed by atoms with Crippen molar-refractivity contribution >= 4 is 27.3 Å². The van der Waals surface area contributed by atoms with Crippen LogP contribution in [0.5, 0.6) is 0 Å². The van der Waals surface area contributed by atoms with Gasteiger partial charge in [0.2, 0.25) is 10.0 Å². The van der Waals surface area contributed by atoms with Crippen molar-refractivity contribution in [3.05, 3.63) is 23.2 Å². The Kier molecular flexibility index (Phi) is 4.80. The van der Waals surface area contributed by atoms with Gasteiger partial charge in [0.05, 0.1) is 15.6 Å². The molecule has 1 aromatic carbocycles. The first-order chi connectivity index (χ1) is 7.84. The summed E-state index contributed by atoms with van der Waals surface area (Å²) in [6, 6.07) is 4.62. The van der Waals surface area contributed by atoms with Gasteiger partial charge in [0.15, 0.2) is 0 Å². The lowest BCUT2D eigenvalue weighted by molar-refractivity contribution is 0.597. The van der Waals surface area contributed by atoms with E-state index in [0.29, 0.717) is 10.7 Å². The molecule has 6 heteroatoms. The highest BCUT2D eigenvalue weighted by molar-refractivity contribution is 7.89. The fourth-order valence-corrected chi connectivity index (χ4v) is 2.27. The average molecular weight is 277 g/mol. The molecule has 96 valence electrons. The third-order valence-corrected chi connectivity index (χ3v) is 3.63. The van der Waals surface area contributed by atoms with Crippen molar-refractivity contribution in [2.45, 2.75) is 37.6 Å².